The molecule has 1 atom stereocenters. The van der Waals surface area contributed by atoms with Crippen molar-refractivity contribution in [1.29, 1.82) is 0 Å². The van der Waals surface area contributed by atoms with Gasteiger partial charge in [-0.1, -0.05) is 20.9 Å². The van der Waals surface area contributed by atoms with E-state index >= 15 is 0 Å². The SMILES string of the molecule is C.C.Cc1nc(CC2CC(Oc3ccc4ncccc4c3)C2)nc2c1NC(=O)[C@H](C)N2C.S. The number of rotatable bonds is 4. The van der Waals surface area contributed by atoms with Gasteiger partial charge in [0.05, 0.1) is 17.3 Å². The number of benzene rings is 1. The average Bonchev–Trinajstić information content (AvgIpc) is 2.71. The summed E-state index contributed by atoms with van der Waals surface area (Å²) in [5.41, 5.74) is 2.52. The van der Waals surface area contributed by atoms with E-state index in [1.165, 1.54) is 0 Å². The molecule has 0 bridgehead atoms. The van der Waals surface area contributed by atoms with E-state index in [4.69, 9.17) is 9.72 Å². The number of amides is 1. The van der Waals surface area contributed by atoms with Crippen LogP contribution < -0.4 is 15.0 Å². The van der Waals surface area contributed by atoms with Gasteiger partial charge in [0, 0.05) is 25.1 Å². The molecule has 2 aromatic heterocycles. The maximum absolute atomic E-state index is 12.1. The Labute approximate surface area is 203 Å². The Bertz CT molecular complexity index is 1130. The van der Waals surface area contributed by atoms with Gasteiger partial charge in [-0.3, -0.25) is 9.78 Å². The first-order valence-electron chi connectivity index (χ1n) is 10.4. The maximum Gasteiger partial charge on any atom is 0.246 e. The molecular formula is C25H35N5O2S. The second kappa shape index (κ2) is 10.4. The largest absolute Gasteiger partial charge is 0.490 e. The molecule has 1 saturated carbocycles. The molecule has 0 saturated heterocycles. The summed E-state index contributed by atoms with van der Waals surface area (Å²) in [5.74, 6) is 3.03. The summed E-state index contributed by atoms with van der Waals surface area (Å²) >= 11 is 0. The van der Waals surface area contributed by atoms with Gasteiger partial charge >= 0.3 is 0 Å². The van der Waals surface area contributed by atoms with Crippen LogP contribution >= 0.6 is 13.5 Å². The first-order chi connectivity index (χ1) is 14.5. The standard InChI is InChI=1S/C23H25N5O2.2CH4.H2S/c1-13-21-22(28(3)14(2)23(29)27-21)26-20(25-13)11-15-9-18(10-15)30-17-6-7-19-16(12-17)5-4-8-24-19;;;/h4-8,12,14-15,18H,9-11H2,1-3H3,(H,27,29);2*1H4;1H2/t14-,15?,18?;;;/m0.../s1. The number of anilines is 2. The number of hydrogen-bond donors (Lipinski definition) is 1. The second-order valence-electron chi connectivity index (χ2n) is 8.34. The third kappa shape index (κ3) is 5.05. The van der Waals surface area contributed by atoms with Crippen molar-refractivity contribution in [2.45, 2.75) is 60.1 Å². The number of fused-ring (bicyclic) bond motifs is 2. The van der Waals surface area contributed by atoms with Gasteiger partial charge in [-0.15, -0.1) is 0 Å². The number of nitrogens with one attached hydrogen (secondary N) is 1. The first-order valence-corrected chi connectivity index (χ1v) is 10.4. The molecule has 5 rings (SSSR count). The lowest BCUT2D eigenvalue weighted by Crippen LogP contribution is -2.45. The van der Waals surface area contributed by atoms with E-state index in [-0.39, 0.29) is 46.4 Å². The van der Waals surface area contributed by atoms with Crippen molar-refractivity contribution in [2.24, 2.45) is 5.92 Å². The van der Waals surface area contributed by atoms with Crippen molar-refractivity contribution in [2.75, 3.05) is 17.3 Å². The van der Waals surface area contributed by atoms with Crippen molar-refractivity contribution < 1.29 is 9.53 Å². The fourth-order valence-electron chi connectivity index (χ4n) is 4.21. The van der Waals surface area contributed by atoms with Crippen LogP contribution in [0.15, 0.2) is 36.5 Å². The number of ether oxygens (including phenoxy) is 1. The Morgan fingerprint density at radius 2 is 1.94 bits per heavy atom. The van der Waals surface area contributed by atoms with Crippen LogP contribution in [-0.2, 0) is 11.2 Å². The minimum Gasteiger partial charge on any atom is -0.490 e. The maximum atomic E-state index is 12.1. The highest BCUT2D eigenvalue weighted by Gasteiger charge is 2.34. The van der Waals surface area contributed by atoms with E-state index in [0.29, 0.717) is 5.92 Å². The second-order valence-corrected chi connectivity index (χ2v) is 8.34. The molecule has 8 heteroatoms. The fourth-order valence-corrected chi connectivity index (χ4v) is 4.21. The molecule has 1 aromatic carbocycles. The molecule has 3 heterocycles. The van der Waals surface area contributed by atoms with Gasteiger partial charge in [-0.05, 0) is 56.9 Å². The number of aromatic nitrogens is 3. The van der Waals surface area contributed by atoms with Crippen LogP contribution in [0.5, 0.6) is 5.75 Å². The van der Waals surface area contributed by atoms with Crippen molar-refractivity contribution in [3.8, 4) is 5.75 Å². The topological polar surface area (TPSA) is 80.2 Å². The van der Waals surface area contributed by atoms with Crippen molar-refractivity contribution >= 4 is 41.8 Å². The Kier molecular flexibility index (Phi) is 8.30. The van der Waals surface area contributed by atoms with Gasteiger partial charge in [0.2, 0.25) is 5.91 Å². The number of pyridine rings is 1. The van der Waals surface area contributed by atoms with Crippen LogP contribution in [0.25, 0.3) is 10.9 Å². The Balaban J connectivity index is 0.00000128. The van der Waals surface area contributed by atoms with E-state index in [9.17, 15) is 4.79 Å². The molecule has 1 aliphatic heterocycles. The third-order valence-corrected chi connectivity index (χ3v) is 6.20. The lowest BCUT2D eigenvalue weighted by atomic mass is 9.80. The van der Waals surface area contributed by atoms with Gasteiger partial charge in [-0.2, -0.15) is 13.5 Å². The predicted molar refractivity (Wildman–Crippen MR) is 140 cm³/mol. The smallest absolute Gasteiger partial charge is 0.246 e. The zero-order chi connectivity index (χ0) is 20.8. The fraction of sp³-hybridized carbons (Fsp3) is 0.440. The van der Waals surface area contributed by atoms with Crippen molar-refractivity contribution in [3.05, 3.63) is 48.0 Å². The minimum atomic E-state index is -0.238. The summed E-state index contributed by atoms with van der Waals surface area (Å²) in [7, 11) is 1.91. The number of carbonyl (C=O) groups is 1. The molecule has 33 heavy (non-hydrogen) atoms. The van der Waals surface area contributed by atoms with Crippen LogP contribution in [0.3, 0.4) is 0 Å². The summed E-state index contributed by atoms with van der Waals surface area (Å²) in [5, 5.41) is 4.03. The highest BCUT2D eigenvalue weighted by atomic mass is 32.1. The highest BCUT2D eigenvalue weighted by molar-refractivity contribution is 7.59. The quantitative estimate of drug-likeness (QED) is 0.586. The van der Waals surface area contributed by atoms with Crippen molar-refractivity contribution in [3.63, 3.8) is 0 Å². The molecule has 1 N–H and O–H groups in total. The molecule has 1 fully saturated rings. The number of hydrogen-bond acceptors (Lipinski definition) is 6. The Hall–Kier alpha value is -2.87. The van der Waals surface area contributed by atoms with E-state index < -0.39 is 0 Å². The predicted octanol–water partition coefficient (Wildman–Crippen LogP) is 4.90. The number of carbonyl (C=O) groups excluding carboxylic acids is 1. The molecule has 1 aliphatic carbocycles. The molecule has 0 spiro atoms. The summed E-state index contributed by atoms with van der Waals surface area (Å²) < 4.78 is 6.16. The van der Waals surface area contributed by atoms with Gasteiger partial charge in [0.25, 0.3) is 0 Å². The lowest BCUT2D eigenvalue weighted by molar-refractivity contribution is -0.117. The Morgan fingerprint density at radius 3 is 2.70 bits per heavy atom. The summed E-state index contributed by atoms with van der Waals surface area (Å²) in [6.07, 6.45) is 4.84. The molecule has 3 aromatic rings. The van der Waals surface area contributed by atoms with E-state index in [2.05, 4.69) is 27.4 Å². The van der Waals surface area contributed by atoms with E-state index in [1.54, 1.807) is 6.20 Å². The molecule has 7 nitrogen and oxygen atoms in total. The first kappa shape index (κ1) is 26.4. The van der Waals surface area contributed by atoms with Gasteiger partial charge < -0.3 is 15.0 Å². The average molecular weight is 470 g/mol. The van der Waals surface area contributed by atoms with E-state index in [0.717, 1.165) is 58.9 Å². The van der Waals surface area contributed by atoms with Crippen LogP contribution in [-0.4, -0.2) is 40.1 Å². The van der Waals surface area contributed by atoms with Gasteiger partial charge in [0.15, 0.2) is 5.82 Å². The number of nitrogens with zero attached hydrogens (tertiary/aromatic N) is 4. The number of aryl methyl sites for hydroxylation is 1. The minimum absolute atomic E-state index is 0. The zero-order valence-electron chi connectivity index (χ0n) is 17.9. The van der Waals surface area contributed by atoms with Crippen LogP contribution in [0, 0.1) is 12.8 Å². The normalized spacial score (nSPS) is 20.9. The van der Waals surface area contributed by atoms with E-state index in [1.807, 2.05) is 44.0 Å². The van der Waals surface area contributed by atoms with Gasteiger partial charge in [0.1, 0.15) is 23.3 Å². The Morgan fingerprint density at radius 1 is 1.18 bits per heavy atom. The molecular weight excluding hydrogens is 434 g/mol. The number of likely N-dealkylation sites (N-methyl/N-ethyl adjacent to an activating group) is 1. The molecule has 178 valence electrons. The molecule has 1 amide bonds. The summed E-state index contributed by atoms with van der Waals surface area (Å²) in [6, 6.07) is 9.80. The molecule has 0 unspecified atom stereocenters. The van der Waals surface area contributed by atoms with Crippen LogP contribution in [0.4, 0.5) is 11.5 Å². The lowest BCUT2D eigenvalue weighted by Gasteiger charge is -2.36. The van der Waals surface area contributed by atoms with Gasteiger partial charge in [-0.25, -0.2) is 9.97 Å². The summed E-state index contributed by atoms with van der Waals surface area (Å²) in [4.78, 5) is 27.7. The van der Waals surface area contributed by atoms with Crippen LogP contribution in [0.2, 0.25) is 0 Å². The third-order valence-electron chi connectivity index (χ3n) is 6.20. The van der Waals surface area contributed by atoms with Crippen LogP contribution in [0.1, 0.15) is 46.1 Å². The summed E-state index contributed by atoms with van der Waals surface area (Å²) in [6.45, 7) is 3.81. The highest BCUT2D eigenvalue weighted by Crippen LogP contribution is 2.36. The molecule has 2 aliphatic rings. The zero-order valence-corrected chi connectivity index (χ0v) is 18.9. The molecule has 0 radical (unpaired) electrons. The monoisotopic (exact) mass is 469 g/mol. The van der Waals surface area contributed by atoms with Crippen molar-refractivity contribution in [1.82, 2.24) is 15.0 Å².